The minimum Gasteiger partial charge on any atom is -0.478 e. The van der Waals surface area contributed by atoms with Gasteiger partial charge in [0.15, 0.2) is 5.69 Å². The lowest BCUT2D eigenvalue weighted by molar-refractivity contribution is 0.0696. The summed E-state index contributed by atoms with van der Waals surface area (Å²) >= 11 is 0.974. The number of hydrogen-bond acceptors (Lipinski definition) is 5. The van der Waals surface area contributed by atoms with Crippen molar-refractivity contribution in [2.75, 3.05) is 11.4 Å². The van der Waals surface area contributed by atoms with Crippen LogP contribution in [-0.2, 0) is 6.42 Å². The molecule has 1 aromatic carbocycles. The monoisotopic (exact) mass is 275 g/mol. The molecule has 96 valence electrons. The first-order valence-electron chi connectivity index (χ1n) is 5.62. The van der Waals surface area contributed by atoms with Crippen LogP contribution >= 0.6 is 11.7 Å². The number of carboxylic acids is 1. The molecule has 3 rings (SSSR count). The third-order valence-electron chi connectivity index (χ3n) is 3.05. The highest BCUT2D eigenvalue weighted by atomic mass is 32.1. The average molecular weight is 275 g/mol. The van der Waals surface area contributed by atoms with E-state index in [2.05, 4.69) is 8.75 Å². The Hall–Kier alpha value is -2.28. The summed E-state index contributed by atoms with van der Waals surface area (Å²) in [4.78, 5) is 24.8. The first-order valence-corrected chi connectivity index (χ1v) is 6.35. The highest BCUT2D eigenvalue weighted by Crippen LogP contribution is 2.30. The molecule has 0 saturated carbocycles. The molecule has 2 aromatic rings. The fourth-order valence-electron chi connectivity index (χ4n) is 2.12. The number of carboxylic acid groups (broad SMARTS) is 1. The van der Waals surface area contributed by atoms with Gasteiger partial charge in [0.1, 0.15) is 0 Å². The van der Waals surface area contributed by atoms with Gasteiger partial charge in [-0.3, -0.25) is 4.79 Å². The fourth-order valence-corrected chi connectivity index (χ4v) is 2.53. The Morgan fingerprint density at radius 1 is 1.37 bits per heavy atom. The summed E-state index contributed by atoms with van der Waals surface area (Å²) < 4.78 is 7.72. The van der Waals surface area contributed by atoms with Gasteiger partial charge < -0.3 is 10.0 Å². The van der Waals surface area contributed by atoms with Crippen molar-refractivity contribution in [1.29, 1.82) is 0 Å². The van der Waals surface area contributed by atoms with E-state index < -0.39 is 5.97 Å². The number of carbonyl (C=O) groups is 2. The smallest absolute Gasteiger partial charge is 0.335 e. The second-order valence-corrected chi connectivity index (χ2v) is 4.70. The zero-order chi connectivity index (χ0) is 13.4. The topological polar surface area (TPSA) is 83.4 Å². The van der Waals surface area contributed by atoms with E-state index in [1.54, 1.807) is 17.0 Å². The summed E-state index contributed by atoms with van der Waals surface area (Å²) in [5.41, 5.74) is 2.09. The second-order valence-electron chi connectivity index (χ2n) is 4.15. The van der Waals surface area contributed by atoms with Crippen LogP contribution in [0.3, 0.4) is 0 Å². The lowest BCUT2D eigenvalue weighted by Gasteiger charge is -2.16. The van der Waals surface area contributed by atoms with Gasteiger partial charge >= 0.3 is 5.97 Å². The van der Waals surface area contributed by atoms with E-state index in [1.807, 2.05) is 0 Å². The number of rotatable bonds is 2. The van der Waals surface area contributed by atoms with Crippen LogP contribution in [0.25, 0.3) is 0 Å². The van der Waals surface area contributed by atoms with Crippen molar-refractivity contribution in [2.24, 2.45) is 0 Å². The van der Waals surface area contributed by atoms with Gasteiger partial charge in [0.2, 0.25) is 0 Å². The predicted octanol–water partition coefficient (Wildman–Crippen LogP) is 1.44. The zero-order valence-corrected chi connectivity index (χ0v) is 10.6. The third-order valence-corrected chi connectivity index (χ3v) is 3.53. The molecule has 0 spiro atoms. The van der Waals surface area contributed by atoms with Gasteiger partial charge in [0.05, 0.1) is 23.5 Å². The molecular weight excluding hydrogens is 266 g/mol. The van der Waals surface area contributed by atoms with Crippen molar-refractivity contribution >= 4 is 29.3 Å². The van der Waals surface area contributed by atoms with Crippen LogP contribution in [0.2, 0.25) is 0 Å². The number of aromatic nitrogens is 2. The number of benzene rings is 1. The highest BCUT2D eigenvalue weighted by molar-refractivity contribution is 6.99. The van der Waals surface area contributed by atoms with E-state index >= 15 is 0 Å². The van der Waals surface area contributed by atoms with E-state index in [4.69, 9.17) is 5.11 Å². The number of amides is 1. The zero-order valence-electron chi connectivity index (χ0n) is 9.74. The SMILES string of the molecule is O=C(O)c1ccc2c(c1)N(C(=O)c1cnsn1)CC2. The standard InChI is InChI=1S/C12H9N3O3S/c16-11(9-6-13-19-14-9)15-4-3-7-1-2-8(12(17)18)5-10(7)15/h1-2,5-6H,3-4H2,(H,17,18). The summed E-state index contributed by atoms with van der Waals surface area (Å²) in [6.45, 7) is 0.536. The summed E-state index contributed by atoms with van der Waals surface area (Å²) in [6.07, 6.45) is 2.14. The molecule has 0 radical (unpaired) electrons. The molecule has 7 heteroatoms. The Kier molecular flexibility index (Phi) is 2.75. The maximum atomic E-state index is 12.2. The molecular formula is C12H9N3O3S. The molecule has 1 aromatic heterocycles. The maximum absolute atomic E-state index is 12.2. The largest absolute Gasteiger partial charge is 0.478 e. The van der Waals surface area contributed by atoms with Crippen molar-refractivity contribution in [3.8, 4) is 0 Å². The highest BCUT2D eigenvalue weighted by Gasteiger charge is 2.27. The minimum absolute atomic E-state index is 0.176. The van der Waals surface area contributed by atoms with E-state index in [0.29, 0.717) is 17.9 Å². The van der Waals surface area contributed by atoms with Crippen LogP contribution in [-0.4, -0.2) is 32.3 Å². The van der Waals surface area contributed by atoms with Crippen LogP contribution in [0.15, 0.2) is 24.4 Å². The molecule has 2 heterocycles. The van der Waals surface area contributed by atoms with Crippen molar-refractivity contribution < 1.29 is 14.7 Å². The molecule has 6 nitrogen and oxygen atoms in total. The summed E-state index contributed by atoms with van der Waals surface area (Å²) in [5.74, 6) is -1.24. The first kappa shape index (κ1) is 11.8. The number of carbonyl (C=O) groups excluding carboxylic acids is 1. The summed E-state index contributed by atoms with van der Waals surface area (Å²) in [6, 6.07) is 4.84. The number of hydrogen-bond donors (Lipinski definition) is 1. The maximum Gasteiger partial charge on any atom is 0.335 e. The minimum atomic E-state index is -1.00. The van der Waals surface area contributed by atoms with Crippen LogP contribution < -0.4 is 4.90 Å². The van der Waals surface area contributed by atoms with E-state index in [0.717, 1.165) is 23.7 Å². The molecule has 1 N–H and O–H groups in total. The average Bonchev–Trinajstić information content (AvgIpc) is 3.06. The van der Waals surface area contributed by atoms with Gasteiger partial charge in [-0.25, -0.2) is 4.79 Å². The van der Waals surface area contributed by atoms with Gasteiger partial charge in [0, 0.05) is 12.2 Å². The number of fused-ring (bicyclic) bond motifs is 1. The van der Waals surface area contributed by atoms with Crippen LogP contribution in [0.4, 0.5) is 5.69 Å². The number of anilines is 1. The Balaban J connectivity index is 1.99. The van der Waals surface area contributed by atoms with Crippen LogP contribution in [0, 0.1) is 0 Å². The van der Waals surface area contributed by atoms with Crippen molar-refractivity contribution in [3.63, 3.8) is 0 Å². The van der Waals surface area contributed by atoms with Crippen LogP contribution in [0.5, 0.6) is 0 Å². The van der Waals surface area contributed by atoms with Crippen molar-refractivity contribution in [3.05, 3.63) is 41.2 Å². The second kappa shape index (κ2) is 4.43. The lowest BCUT2D eigenvalue weighted by Crippen LogP contribution is -2.29. The molecule has 0 atom stereocenters. The van der Waals surface area contributed by atoms with Gasteiger partial charge in [-0.15, -0.1) is 0 Å². The lowest BCUT2D eigenvalue weighted by atomic mass is 10.1. The molecule has 1 amide bonds. The van der Waals surface area contributed by atoms with Crippen molar-refractivity contribution in [1.82, 2.24) is 8.75 Å². The Morgan fingerprint density at radius 3 is 2.89 bits per heavy atom. The summed E-state index contributed by atoms with van der Waals surface area (Å²) in [7, 11) is 0. The molecule has 1 aliphatic rings. The molecule has 19 heavy (non-hydrogen) atoms. The molecule has 0 fully saturated rings. The quantitative estimate of drug-likeness (QED) is 0.896. The molecule has 1 aliphatic heterocycles. The van der Waals surface area contributed by atoms with Crippen LogP contribution in [0.1, 0.15) is 26.4 Å². The number of nitrogens with zero attached hydrogens (tertiary/aromatic N) is 3. The molecule has 0 unspecified atom stereocenters. The summed E-state index contributed by atoms with van der Waals surface area (Å²) in [5, 5.41) is 9.00. The van der Waals surface area contributed by atoms with E-state index in [-0.39, 0.29) is 11.5 Å². The normalized spacial score (nSPS) is 13.4. The number of aromatic carboxylic acids is 1. The van der Waals surface area contributed by atoms with Gasteiger partial charge in [-0.05, 0) is 24.1 Å². The Morgan fingerprint density at radius 2 is 2.21 bits per heavy atom. The Labute approximate surface area is 112 Å². The van der Waals surface area contributed by atoms with Gasteiger partial charge in [-0.1, -0.05) is 6.07 Å². The Bertz CT molecular complexity index is 654. The van der Waals surface area contributed by atoms with E-state index in [9.17, 15) is 9.59 Å². The molecule has 0 bridgehead atoms. The van der Waals surface area contributed by atoms with Gasteiger partial charge in [0.25, 0.3) is 5.91 Å². The van der Waals surface area contributed by atoms with Gasteiger partial charge in [-0.2, -0.15) is 8.75 Å². The fraction of sp³-hybridized carbons (Fsp3) is 0.167. The third kappa shape index (κ3) is 1.97. The predicted molar refractivity (Wildman–Crippen MR) is 68.7 cm³/mol. The first-order chi connectivity index (χ1) is 9.16. The van der Waals surface area contributed by atoms with Crippen molar-refractivity contribution in [2.45, 2.75) is 6.42 Å². The molecule has 0 saturated heterocycles. The van der Waals surface area contributed by atoms with E-state index in [1.165, 1.54) is 12.3 Å². The molecule has 0 aliphatic carbocycles.